The summed E-state index contributed by atoms with van der Waals surface area (Å²) in [5, 5.41) is 5.47. The average Bonchev–Trinajstić information content (AvgIpc) is 3.34. The summed E-state index contributed by atoms with van der Waals surface area (Å²) in [6.45, 7) is 3.97. The highest BCUT2D eigenvalue weighted by Gasteiger charge is 2.43. The fraction of sp³-hybridized carbons (Fsp3) is 0.481. The van der Waals surface area contributed by atoms with E-state index in [1.807, 2.05) is 25.1 Å². The normalized spacial score (nSPS) is 22.9. The van der Waals surface area contributed by atoms with Gasteiger partial charge in [-0.15, -0.1) is 0 Å². The molecule has 0 amide bonds. The lowest BCUT2D eigenvalue weighted by molar-refractivity contribution is 0.0402. The van der Waals surface area contributed by atoms with Gasteiger partial charge >= 0.3 is 5.97 Å². The first-order valence-corrected chi connectivity index (χ1v) is 13.4. The van der Waals surface area contributed by atoms with Gasteiger partial charge in [0.15, 0.2) is 5.69 Å². The van der Waals surface area contributed by atoms with Crippen LogP contribution in [0.4, 0.5) is 5.95 Å². The molecule has 0 N–H and O–H groups in total. The third kappa shape index (κ3) is 4.82. The Labute approximate surface area is 225 Å². The summed E-state index contributed by atoms with van der Waals surface area (Å²) in [4.78, 5) is 23.2. The number of fused-ring (bicyclic) bond motifs is 1. The van der Waals surface area contributed by atoms with Crippen molar-refractivity contribution in [2.75, 3.05) is 25.1 Å². The van der Waals surface area contributed by atoms with Crippen molar-refractivity contribution >= 4 is 35.1 Å². The van der Waals surface area contributed by atoms with E-state index in [1.165, 1.54) is 7.11 Å². The molecule has 3 fully saturated rings. The van der Waals surface area contributed by atoms with E-state index in [0.717, 1.165) is 55.8 Å². The van der Waals surface area contributed by atoms with Crippen LogP contribution in [0.3, 0.4) is 0 Å². The SMILES string of the molecule is COC(=O)c1cc(C)nc(N2C[C@H]3CC(OCc4c(-c5c(Cl)cccc5Cl)noc4C4CC4)C[C@H]3C2)n1. The Kier molecular flexibility index (Phi) is 6.59. The number of aromatic nitrogens is 3. The zero-order chi connectivity index (χ0) is 25.7. The van der Waals surface area contributed by atoms with Gasteiger partial charge in [0, 0.05) is 35.8 Å². The van der Waals surface area contributed by atoms with E-state index in [-0.39, 0.29) is 11.8 Å². The number of anilines is 1. The Morgan fingerprint density at radius 1 is 1.14 bits per heavy atom. The van der Waals surface area contributed by atoms with Gasteiger partial charge in [0.05, 0.1) is 29.9 Å². The lowest BCUT2D eigenvalue weighted by atomic mass is 10.0. The molecule has 0 spiro atoms. The molecule has 3 aromatic rings. The monoisotopic (exact) mass is 542 g/mol. The number of rotatable bonds is 7. The van der Waals surface area contributed by atoms with Crippen molar-refractivity contribution in [2.24, 2.45) is 11.8 Å². The third-order valence-electron chi connectivity index (χ3n) is 7.66. The van der Waals surface area contributed by atoms with E-state index in [9.17, 15) is 4.79 Å². The quantitative estimate of drug-likeness (QED) is 0.343. The van der Waals surface area contributed by atoms with Crippen LogP contribution < -0.4 is 4.90 Å². The second kappa shape index (κ2) is 9.89. The van der Waals surface area contributed by atoms with E-state index in [4.69, 9.17) is 37.2 Å². The molecule has 37 heavy (non-hydrogen) atoms. The van der Waals surface area contributed by atoms with E-state index >= 15 is 0 Å². The average molecular weight is 543 g/mol. The second-order valence-corrected chi connectivity index (χ2v) is 11.1. The van der Waals surface area contributed by atoms with Crippen LogP contribution in [0, 0.1) is 18.8 Å². The maximum Gasteiger partial charge on any atom is 0.356 e. The first-order valence-electron chi connectivity index (χ1n) is 12.6. The number of carbonyl (C=O) groups is 1. The minimum Gasteiger partial charge on any atom is -0.464 e. The van der Waals surface area contributed by atoms with Crippen LogP contribution in [0.15, 0.2) is 28.8 Å². The van der Waals surface area contributed by atoms with Crippen LogP contribution in [0.25, 0.3) is 11.3 Å². The first kappa shape index (κ1) is 24.6. The number of hydrogen-bond acceptors (Lipinski definition) is 8. The van der Waals surface area contributed by atoms with Gasteiger partial charge in [-0.25, -0.2) is 14.8 Å². The fourth-order valence-electron chi connectivity index (χ4n) is 5.70. The minimum absolute atomic E-state index is 0.151. The predicted molar refractivity (Wildman–Crippen MR) is 139 cm³/mol. The number of ether oxygens (including phenoxy) is 2. The van der Waals surface area contributed by atoms with Gasteiger partial charge in [0.2, 0.25) is 5.95 Å². The molecule has 2 saturated carbocycles. The van der Waals surface area contributed by atoms with Crippen LogP contribution in [0.1, 0.15) is 59.1 Å². The Morgan fingerprint density at radius 2 is 1.84 bits per heavy atom. The number of aryl methyl sites for hydroxylation is 1. The topological polar surface area (TPSA) is 90.6 Å². The molecule has 2 aliphatic carbocycles. The van der Waals surface area contributed by atoms with E-state index < -0.39 is 5.97 Å². The van der Waals surface area contributed by atoms with Crippen molar-refractivity contribution in [3.8, 4) is 11.3 Å². The third-order valence-corrected chi connectivity index (χ3v) is 8.29. The molecule has 1 unspecified atom stereocenters. The van der Waals surface area contributed by atoms with Crippen LogP contribution >= 0.6 is 23.2 Å². The van der Waals surface area contributed by atoms with E-state index in [0.29, 0.717) is 51.6 Å². The van der Waals surface area contributed by atoms with Gasteiger partial charge in [-0.2, -0.15) is 0 Å². The standard InChI is InChI=1S/C27H28Cl2N4O4/c1-14-8-22(26(34)35-2)31-27(30-14)33-11-16-9-18(10-17(16)12-33)36-13-19-24(32-37-25(19)15-6-7-15)23-20(28)4-3-5-21(23)29/h3-5,8,15-18H,6-7,9-13H2,1-2H3/t16-,17+,18?. The zero-order valence-electron chi connectivity index (χ0n) is 20.7. The summed E-state index contributed by atoms with van der Waals surface area (Å²) < 4.78 is 17.1. The molecule has 1 aliphatic heterocycles. The minimum atomic E-state index is -0.448. The first-order chi connectivity index (χ1) is 17.9. The molecular weight excluding hydrogens is 515 g/mol. The van der Waals surface area contributed by atoms with Crippen molar-refractivity contribution in [3.05, 3.63) is 57.0 Å². The van der Waals surface area contributed by atoms with Gasteiger partial charge in [-0.05, 0) is 62.6 Å². The molecule has 2 aromatic heterocycles. The number of methoxy groups -OCH3 is 1. The lowest BCUT2D eigenvalue weighted by Crippen LogP contribution is -2.26. The van der Waals surface area contributed by atoms with Crippen molar-refractivity contribution < 1.29 is 18.8 Å². The number of halogens is 2. The van der Waals surface area contributed by atoms with Crippen LogP contribution in [0.5, 0.6) is 0 Å². The van der Waals surface area contributed by atoms with Crippen LogP contribution in [0.2, 0.25) is 10.0 Å². The highest BCUT2D eigenvalue weighted by atomic mass is 35.5. The van der Waals surface area contributed by atoms with Gasteiger partial charge in [0.1, 0.15) is 11.5 Å². The molecule has 3 heterocycles. The fourth-order valence-corrected chi connectivity index (χ4v) is 6.27. The van der Waals surface area contributed by atoms with Crippen LogP contribution in [-0.4, -0.2) is 47.4 Å². The van der Waals surface area contributed by atoms with E-state index in [1.54, 1.807) is 6.07 Å². The van der Waals surface area contributed by atoms with Gasteiger partial charge in [-0.3, -0.25) is 0 Å². The summed E-state index contributed by atoms with van der Waals surface area (Å²) in [7, 11) is 1.36. The largest absolute Gasteiger partial charge is 0.464 e. The Balaban J connectivity index is 1.14. The smallest absolute Gasteiger partial charge is 0.356 e. The number of hydrogen-bond donors (Lipinski definition) is 0. The summed E-state index contributed by atoms with van der Waals surface area (Å²) in [6, 6.07) is 7.11. The van der Waals surface area contributed by atoms with Crippen molar-refractivity contribution in [1.82, 2.24) is 15.1 Å². The molecule has 8 nitrogen and oxygen atoms in total. The summed E-state index contributed by atoms with van der Waals surface area (Å²) in [6.07, 6.45) is 4.27. The Hall–Kier alpha value is -2.68. The number of esters is 1. The molecule has 10 heteroatoms. The molecule has 194 valence electrons. The molecule has 1 aromatic carbocycles. The maximum absolute atomic E-state index is 12.0. The summed E-state index contributed by atoms with van der Waals surface area (Å²) in [5.74, 6) is 2.40. The molecule has 3 atom stereocenters. The van der Waals surface area contributed by atoms with Crippen molar-refractivity contribution in [1.29, 1.82) is 0 Å². The van der Waals surface area contributed by atoms with Crippen LogP contribution in [-0.2, 0) is 16.1 Å². The van der Waals surface area contributed by atoms with Gasteiger partial charge in [0.25, 0.3) is 0 Å². The Bertz CT molecular complexity index is 1310. The van der Waals surface area contributed by atoms with Gasteiger partial charge < -0.3 is 18.9 Å². The summed E-state index contributed by atoms with van der Waals surface area (Å²) in [5.41, 5.74) is 3.37. The highest BCUT2D eigenvalue weighted by Crippen LogP contribution is 2.47. The molecule has 3 aliphatic rings. The van der Waals surface area contributed by atoms with E-state index in [2.05, 4.69) is 20.0 Å². The summed E-state index contributed by atoms with van der Waals surface area (Å²) >= 11 is 13.0. The molecule has 1 saturated heterocycles. The second-order valence-electron chi connectivity index (χ2n) is 10.3. The molecular formula is C27H28Cl2N4O4. The number of benzene rings is 1. The number of nitrogens with zero attached hydrogens (tertiary/aromatic N) is 4. The Morgan fingerprint density at radius 3 is 2.49 bits per heavy atom. The van der Waals surface area contributed by atoms with Crippen molar-refractivity contribution in [2.45, 2.75) is 51.2 Å². The predicted octanol–water partition coefficient (Wildman–Crippen LogP) is 5.84. The van der Waals surface area contributed by atoms with Gasteiger partial charge in [-0.1, -0.05) is 34.4 Å². The van der Waals surface area contributed by atoms with Crippen molar-refractivity contribution in [3.63, 3.8) is 0 Å². The molecule has 6 rings (SSSR count). The molecule has 0 radical (unpaired) electrons. The zero-order valence-corrected chi connectivity index (χ0v) is 22.3. The number of carbonyl (C=O) groups excluding carboxylic acids is 1. The lowest BCUT2D eigenvalue weighted by Gasteiger charge is -2.20. The maximum atomic E-state index is 12.0. The highest BCUT2D eigenvalue weighted by molar-refractivity contribution is 6.39. The molecule has 0 bridgehead atoms.